The molecule has 1 saturated carbocycles. The molecule has 6 N–H and O–H groups in total. The molecule has 3 aromatic rings. The number of hydrogen-bond donors (Lipinski definition) is 4. The predicted molar refractivity (Wildman–Crippen MR) is 111 cm³/mol. The molecule has 0 bridgehead atoms. The van der Waals surface area contributed by atoms with E-state index in [2.05, 4.69) is 20.7 Å². The number of carbonyl (C=O) groups is 1. The molecular weight excluding hydrogens is 354 g/mol. The zero-order valence-corrected chi connectivity index (χ0v) is 15.9. The molecule has 1 aliphatic rings. The minimum atomic E-state index is -0.529. The third kappa shape index (κ3) is 3.63. The van der Waals surface area contributed by atoms with E-state index in [0.29, 0.717) is 17.2 Å². The van der Waals surface area contributed by atoms with E-state index in [1.807, 2.05) is 29.9 Å². The summed E-state index contributed by atoms with van der Waals surface area (Å²) in [7, 11) is 1.90. The maximum atomic E-state index is 11.9. The molecule has 0 radical (unpaired) electrons. The molecular formula is C20H25N7O. The first-order valence-electron chi connectivity index (χ1n) is 9.53. The van der Waals surface area contributed by atoms with E-state index in [-0.39, 0.29) is 12.1 Å². The Morgan fingerprint density at radius 2 is 2.04 bits per heavy atom. The van der Waals surface area contributed by atoms with Crippen molar-refractivity contribution < 1.29 is 4.79 Å². The van der Waals surface area contributed by atoms with Crippen LogP contribution in [0.5, 0.6) is 0 Å². The first kappa shape index (κ1) is 18.2. The molecule has 8 heteroatoms. The van der Waals surface area contributed by atoms with Crippen molar-refractivity contribution in [1.82, 2.24) is 14.8 Å². The first-order chi connectivity index (χ1) is 13.5. The molecule has 28 heavy (non-hydrogen) atoms. The summed E-state index contributed by atoms with van der Waals surface area (Å²) in [5.41, 5.74) is 13.9. The van der Waals surface area contributed by atoms with Crippen LogP contribution in [0.2, 0.25) is 0 Å². The number of rotatable bonds is 5. The van der Waals surface area contributed by atoms with E-state index in [1.165, 1.54) is 0 Å². The second kappa shape index (κ2) is 7.47. The van der Waals surface area contributed by atoms with Gasteiger partial charge in [-0.2, -0.15) is 5.10 Å². The maximum Gasteiger partial charge on any atom is 0.252 e. The van der Waals surface area contributed by atoms with Gasteiger partial charge >= 0.3 is 0 Å². The Morgan fingerprint density at radius 1 is 1.21 bits per heavy atom. The van der Waals surface area contributed by atoms with Crippen molar-refractivity contribution in [3.05, 3.63) is 42.1 Å². The highest BCUT2D eigenvalue weighted by Crippen LogP contribution is 2.26. The van der Waals surface area contributed by atoms with Gasteiger partial charge < -0.3 is 22.1 Å². The summed E-state index contributed by atoms with van der Waals surface area (Å²) < 4.78 is 1.81. The monoisotopic (exact) mass is 379 g/mol. The first-order valence-corrected chi connectivity index (χ1v) is 9.53. The largest absolute Gasteiger partial charge is 0.366 e. The van der Waals surface area contributed by atoms with Crippen molar-refractivity contribution in [1.29, 1.82) is 0 Å². The topological polar surface area (TPSA) is 124 Å². The summed E-state index contributed by atoms with van der Waals surface area (Å²) in [6, 6.07) is 9.61. The number of amides is 1. The van der Waals surface area contributed by atoms with Crippen molar-refractivity contribution in [2.45, 2.75) is 37.8 Å². The molecule has 2 heterocycles. The van der Waals surface area contributed by atoms with E-state index in [1.54, 1.807) is 18.3 Å². The molecule has 0 aliphatic heterocycles. The molecule has 1 aliphatic carbocycles. The van der Waals surface area contributed by atoms with Gasteiger partial charge in [-0.15, -0.1) is 0 Å². The lowest BCUT2D eigenvalue weighted by Crippen LogP contribution is -2.42. The number of carbonyl (C=O) groups excluding carboxylic acids is 1. The Hall–Kier alpha value is -3.13. The van der Waals surface area contributed by atoms with E-state index in [4.69, 9.17) is 11.5 Å². The fourth-order valence-corrected chi connectivity index (χ4v) is 3.74. The van der Waals surface area contributed by atoms with Crippen LogP contribution in [0.15, 0.2) is 36.5 Å². The van der Waals surface area contributed by atoms with Crippen LogP contribution < -0.4 is 22.1 Å². The minimum Gasteiger partial charge on any atom is -0.366 e. The number of fused-ring (bicyclic) bond motifs is 1. The molecule has 4 rings (SSSR count). The van der Waals surface area contributed by atoms with Crippen molar-refractivity contribution >= 4 is 34.1 Å². The average molecular weight is 379 g/mol. The van der Waals surface area contributed by atoms with E-state index < -0.39 is 5.91 Å². The second-order valence-electron chi connectivity index (χ2n) is 7.32. The minimum absolute atomic E-state index is 0.107. The number of nitrogens with one attached hydrogen (secondary N) is 2. The van der Waals surface area contributed by atoms with Crippen LogP contribution in [0, 0.1) is 0 Å². The molecule has 0 spiro atoms. The number of pyridine rings is 1. The Bertz CT molecular complexity index is 1010. The predicted octanol–water partition coefficient (Wildman–Crippen LogP) is 2.49. The van der Waals surface area contributed by atoms with Gasteiger partial charge in [0.25, 0.3) is 5.91 Å². The number of benzene rings is 1. The number of anilines is 3. The fraction of sp³-hybridized carbons (Fsp3) is 0.350. The molecule has 1 aromatic carbocycles. The Labute approximate surface area is 163 Å². The van der Waals surface area contributed by atoms with Crippen LogP contribution in [0.25, 0.3) is 10.9 Å². The number of hydrogen-bond acceptors (Lipinski definition) is 6. The van der Waals surface area contributed by atoms with Crippen molar-refractivity contribution in [3.8, 4) is 0 Å². The average Bonchev–Trinajstić information content (AvgIpc) is 3.04. The number of nitrogens with zero attached hydrogens (tertiary/aromatic N) is 3. The van der Waals surface area contributed by atoms with Gasteiger partial charge in [0.15, 0.2) is 0 Å². The van der Waals surface area contributed by atoms with E-state index in [9.17, 15) is 4.79 Å². The zero-order valence-electron chi connectivity index (χ0n) is 15.9. The van der Waals surface area contributed by atoms with Crippen LogP contribution in [0.1, 0.15) is 36.0 Å². The smallest absolute Gasteiger partial charge is 0.252 e. The van der Waals surface area contributed by atoms with Crippen LogP contribution in [-0.4, -0.2) is 32.8 Å². The highest BCUT2D eigenvalue weighted by Gasteiger charge is 2.22. The maximum absolute atomic E-state index is 11.9. The normalized spacial score (nSPS) is 19.5. The molecule has 1 fully saturated rings. The summed E-state index contributed by atoms with van der Waals surface area (Å²) in [6.07, 6.45) is 6.14. The van der Waals surface area contributed by atoms with Gasteiger partial charge in [0.2, 0.25) is 0 Å². The number of aromatic nitrogens is 3. The van der Waals surface area contributed by atoms with Gasteiger partial charge in [0.1, 0.15) is 11.6 Å². The molecule has 2 atom stereocenters. The molecule has 1 amide bonds. The highest BCUT2D eigenvalue weighted by molar-refractivity contribution is 5.98. The van der Waals surface area contributed by atoms with Crippen LogP contribution in [-0.2, 0) is 7.05 Å². The van der Waals surface area contributed by atoms with Gasteiger partial charge in [-0.3, -0.25) is 9.48 Å². The van der Waals surface area contributed by atoms with E-state index >= 15 is 0 Å². The summed E-state index contributed by atoms with van der Waals surface area (Å²) in [6.45, 7) is 0. The van der Waals surface area contributed by atoms with Gasteiger partial charge in [0.05, 0.1) is 17.3 Å². The van der Waals surface area contributed by atoms with Crippen LogP contribution in [0.4, 0.5) is 17.3 Å². The standard InChI is InChI=1S/C20H25N7O/c1-27-17-8-6-13(10-12(17)11-23-27)24-20-14(19(22)28)7-9-18(26-20)25-16-5-3-2-4-15(16)21/h6-11,15-16H,2-5,21H2,1H3,(H2,22,28)(H2,24,25,26)/t15-,16+/m0/s1. The molecule has 2 aromatic heterocycles. The lowest BCUT2D eigenvalue weighted by molar-refractivity contribution is 0.100. The van der Waals surface area contributed by atoms with Crippen molar-refractivity contribution in [2.24, 2.45) is 18.5 Å². The highest BCUT2D eigenvalue weighted by atomic mass is 16.1. The molecule has 0 saturated heterocycles. The van der Waals surface area contributed by atoms with Crippen molar-refractivity contribution in [2.75, 3.05) is 10.6 Å². The van der Waals surface area contributed by atoms with Crippen LogP contribution >= 0.6 is 0 Å². The molecule has 0 unspecified atom stereocenters. The lowest BCUT2D eigenvalue weighted by atomic mass is 9.91. The van der Waals surface area contributed by atoms with E-state index in [0.717, 1.165) is 42.3 Å². The summed E-state index contributed by atoms with van der Waals surface area (Å²) in [5.74, 6) is 0.570. The summed E-state index contributed by atoms with van der Waals surface area (Å²) in [4.78, 5) is 16.5. The number of primary amides is 1. The summed E-state index contributed by atoms with van der Waals surface area (Å²) >= 11 is 0. The zero-order chi connectivity index (χ0) is 19.7. The van der Waals surface area contributed by atoms with Crippen LogP contribution in [0.3, 0.4) is 0 Å². The Morgan fingerprint density at radius 3 is 2.82 bits per heavy atom. The third-order valence-electron chi connectivity index (χ3n) is 5.32. The third-order valence-corrected chi connectivity index (χ3v) is 5.32. The SMILES string of the molecule is Cn1ncc2cc(Nc3nc(N[C@@H]4CCCC[C@@H]4N)ccc3C(N)=O)ccc21. The van der Waals surface area contributed by atoms with Gasteiger partial charge in [0, 0.05) is 30.2 Å². The molecule has 146 valence electrons. The molecule has 8 nitrogen and oxygen atoms in total. The fourth-order valence-electron chi connectivity index (χ4n) is 3.74. The Kier molecular flexibility index (Phi) is 4.87. The lowest BCUT2D eigenvalue weighted by Gasteiger charge is -2.29. The van der Waals surface area contributed by atoms with Gasteiger partial charge in [-0.1, -0.05) is 12.8 Å². The second-order valence-corrected chi connectivity index (χ2v) is 7.32. The van der Waals surface area contributed by atoms with Gasteiger partial charge in [-0.25, -0.2) is 4.98 Å². The van der Waals surface area contributed by atoms with Crippen molar-refractivity contribution in [3.63, 3.8) is 0 Å². The Balaban J connectivity index is 1.62. The number of aryl methyl sites for hydroxylation is 1. The summed E-state index contributed by atoms with van der Waals surface area (Å²) in [5, 5.41) is 11.9. The quantitative estimate of drug-likeness (QED) is 0.540. The van der Waals surface area contributed by atoms with Gasteiger partial charge in [-0.05, 0) is 43.2 Å². The number of nitrogens with two attached hydrogens (primary N) is 2.